The molecule has 5 heteroatoms. The Morgan fingerprint density at radius 3 is 2.74 bits per heavy atom. The number of nitrogens with one attached hydrogen (secondary N) is 1. The van der Waals surface area contributed by atoms with Gasteiger partial charge in [-0.15, -0.1) is 5.10 Å². The maximum atomic E-state index is 14.3. The van der Waals surface area contributed by atoms with Crippen LogP contribution < -0.4 is 5.32 Å². The van der Waals surface area contributed by atoms with Gasteiger partial charge < -0.3 is 5.32 Å². The van der Waals surface area contributed by atoms with Crippen LogP contribution in [0.15, 0.2) is 17.5 Å². The van der Waals surface area contributed by atoms with Crippen molar-refractivity contribution in [2.24, 2.45) is 0 Å². The summed E-state index contributed by atoms with van der Waals surface area (Å²) in [6, 6.07) is 3.35. The fourth-order valence-corrected chi connectivity index (χ4v) is 2.71. The first-order valence-corrected chi connectivity index (χ1v) is 7.24. The summed E-state index contributed by atoms with van der Waals surface area (Å²) in [6.45, 7) is 6.74. The van der Waals surface area contributed by atoms with Crippen molar-refractivity contribution in [2.45, 2.75) is 33.2 Å². The summed E-state index contributed by atoms with van der Waals surface area (Å²) < 4.78 is 18.2. The fourth-order valence-electron chi connectivity index (χ4n) is 2.23. The van der Waals surface area contributed by atoms with E-state index < -0.39 is 0 Å². The molecule has 1 N–H and O–H groups in total. The van der Waals surface area contributed by atoms with Crippen molar-refractivity contribution < 1.29 is 4.39 Å². The van der Waals surface area contributed by atoms with E-state index in [-0.39, 0.29) is 11.9 Å². The molecule has 0 saturated heterocycles. The van der Waals surface area contributed by atoms with E-state index >= 15 is 0 Å². The minimum absolute atomic E-state index is 0.181. The molecule has 1 aromatic heterocycles. The first-order valence-electron chi connectivity index (χ1n) is 6.40. The van der Waals surface area contributed by atoms with Crippen molar-refractivity contribution in [2.75, 3.05) is 6.54 Å². The minimum atomic E-state index is -0.223. The van der Waals surface area contributed by atoms with Gasteiger partial charge in [0.25, 0.3) is 0 Å². The highest BCUT2D eigenvalue weighted by molar-refractivity contribution is 7.03. The molecule has 1 aromatic carbocycles. The van der Waals surface area contributed by atoms with Gasteiger partial charge in [-0.25, -0.2) is 4.39 Å². The Balaban J connectivity index is 2.44. The molecule has 3 nitrogen and oxygen atoms in total. The summed E-state index contributed by atoms with van der Waals surface area (Å²) in [5, 5.41) is 9.31. The number of hydrogen-bond acceptors (Lipinski definition) is 4. The second-order valence-corrected chi connectivity index (χ2v) is 5.30. The Morgan fingerprint density at radius 1 is 1.37 bits per heavy atom. The van der Waals surface area contributed by atoms with Gasteiger partial charge in [-0.3, -0.25) is 0 Å². The lowest BCUT2D eigenvalue weighted by Crippen LogP contribution is -2.25. The molecule has 1 heterocycles. The third kappa shape index (κ3) is 3.16. The van der Waals surface area contributed by atoms with Crippen molar-refractivity contribution in [1.82, 2.24) is 14.9 Å². The molecule has 0 aliphatic rings. The minimum Gasteiger partial charge on any atom is -0.305 e. The average Bonchev–Trinajstić information content (AvgIpc) is 2.85. The third-order valence-corrected chi connectivity index (χ3v) is 3.56. The number of benzene rings is 1. The quantitative estimate of drug-likeness (QED) is 0.911. The van der Waals surface area contributed by atoms with Crippen LogP contribution in [0.5, 0.6) is 0 Å². The topological polar surface area (TPSA) is 37.8 Å². The molecule has 1 unspecified atom stereocenters. The van der Waals surface area contributed by atoms with Crippen molar-refractivity contribution in [1.29, 1.82) is 0 Å². The van der Waals surface area contributed by atoms with Gasteiger partial charge in [0, 0.05) is 10.9 Å². The Labute approximate surface area is 117 Å². The lowest BCUT2D eigenvalue weighted by Gasteiger charge is -2.20. The van der Waals surface area contributed by atoms with Crippen LogP contribution in [0.1, 0.15) is 41.8 Å². The molecule has 0 aliphatic carbocycles. The number of rotatable bonds is 5. The first-order chi connectivity index (χ1) is 9.13. The number of hydrogen-bond donors (Lipinski definition) is 1. The van der Waals surface area contributed by atoms with E-state index in [1.165, 1.54) is 11.5 Å². The molecule has 2 aromatic rings. The van der Waals surface area contributed by atoms with E-state index in [2.05, 4.69) is 21.8 Å². The summed E-state index contributed by atoms with van der Waals surface area (Å²) in [7, 11) is 0. The van der Waals surface area contributed by atoms with E-state index in [1.54, 1.807) is 6.07 Å². The Kier molecular flexibility index (Phi) is 4.61. The van der Waals surface area contributed by atoms with Crippen LogP contribution in [0.3, 0.4) is 0 Å². The summed E-state index contributed by atoms with van der Waals surface area (Å²) in [5.41, 5.74) is 3.33. The fraction of sp³-hybridized carbons (Fsp3) is 0.429. The van der Waals surface area contributed by atoms with Gasteiger partial charge in [-0.1, -0.05) is 17.5 Å². The zero-order chi connectivity index (χ0) is 13.8. The predicted molar refractivity (Wildman–Crippen MR) is 75.9 cm³/mol. The largest absolute Gasteiger partial charge is 0.305 e. The van der Waals surface area contributed by atoms with Gasteiger partial charge in [-0.05, 0) is 55.5 Å². The van der Waals surface area contributed by atoms with Crippen LogP contribution in [-0.2, 0) is 0 Å². The molecule has 0 fully saturated rings. The standard InChI is InChI=1S/C14H18FN3S/c1-4-5-16-14(12-8-19-18-17-12)13-10(3)6-9(2)7-11(13)15/h6-8,14,16H,4-5H2,1-3H3. The zero-order valence-electron chi connectivity index (χ0n) is 11.4. The van der Waals surface area contributed by atoms with Crippen molar-refractivity contribution in [3.63, 3.8) is 0 Å². The van der Waals surface area contributed by atoms with Gasteiger partial charge in [0.05, 0.1) is 11.7 Å². The third-order valence-electron chi connectivity index (χ3n) is 3.04. The number of nitrogens with zero attached hydrogens (tertiary/aromatic N) is 2. The predicted octanol–water partition coefficient (Wildman–Crippen LogP) is 3.38. The van der Waals surface area contributed by atoms with Crippen molar-refractivity contribution in [3.05, 3.63) is 45.7 Å². The van der Waals surface area contributed by atoms with Crippen LogP contribution in [0.2, 0.25) is 0 Å². The molecule has 0 aliphatic heterocycles. The summed E-state index contributed by atoms with van der Waals surface area (Å²) in [5.74, 6) is -0.181. The Bertz CT molecular complexity index is 517. The molecule has 0 spiro atoms. The molecule has 0 radical (unpaired) electrons. The van der Waals surface area contributed by atoms with Gasteiger partial charge in [-0.2, -0.15) is 0 Å². The van der Waals surface area contributed by atoms with Gasteiger partial charge in [0.2, 0.25) is 0 Å². The van der Waals surface area contributed by atoms with Gasteiger partial charge in [0.15, 0.2) is 0 Å². The number of aryl methyl sites for hydroxylation is 2. The number of halogens is 1. The molecule has 0 bridgehead atoms. The molecular weight excluding hydrogens is 261 g/mol. The Morgan fingerprint density at radius 2 is 2.16 bits per heavy atom. The smallest absolute Gasteiger partial charge is 0.128 e. The second-order valence-electron chi connectivity index (χ2n) is 4.69. The SMILES string of the molecule is CCCNC(c1csnn1)c1c(C)cc(C)cc1F. The van der Waals surface area contributed by atoms with Gasteiger partial charge in [0.1, 0.15) is 5.82 Å². The summed E-state index contributed by atoms with van der Waals surface area (Å²) in [6.07, 6.45) is 0.987. The molecule has 0 saturated carbocycles. The van der Waals surface area contributed by atoms with E-state index in [0.29, 0.717) is 5.56 Å². The summed E-state index contributed by atoms with van der Waals surface area (Å²) >= 11 is 1.29. The Hall–Kier alpha value is -1.33. The lowest BCUT2D eigenvalue weighted by atomic mass is 9.96. The zero-order valence-corrected chi connectivity index (χ0v) is 12.2. The number of aromatic nitrogens is 2. The molecular formula is C14H18FN3S. The van der Waals surface area contributed by atoms with E-state index in [0.717, 1.165) is 29.8 Å². The summed E-state index contributed by atoms with van der Waals surface area (Å²) in [4.78, 5) is 0. The molecule has 2 rings (SSSR count). The van der Waals surface area contributed by atoms with E-state index in [9.17, 15) is 4.39 Å². The second kappa shape index (κ2) is 6.21. The van der Waals surface area contributed by atoms with Crippen molar-refractivity contribution in [3.8, 4) is 0 Å². The molecule has 19 heavy (non-hydrogen) atoms. The van der Waals surface area contributed by atoms with Gasteiger partial charge >= 0.3 is 0 Å². The molecule has 102 valence electrons. The van der Waals surface area contributed by atoms with Crippen LogP contribution in [-0.4, -0.2) is 16.1 Å². The maximum absolute atomic E-state index is 14.3. The van der Waals surface area contributed by atoms with Crippen LogP contribution in [0.25, 0.3) is 0 Å². The van der Waals surface area contributed by atoms with E-state index in [4.69, 9.17) is 0 Å². The average molecular weight is 279 g/mol. The highest BCUT2D eigenvalue weighted by atomic mass is 32.1. The first kappa shape index (κ1) is 14.1. The maximum Gasteiger partial charge on any atom is 0.128 e. The monoisotopic (exact) mass is 279 g/mol. The van der Waals surface area contributed by atoms with E-state index in [1.807, 2.05) is 25.3 Å². The highest BCUT2D eigenvalue weighted by Crippen LogP contribution is 2.27. The molecule has 0 amide bonds. The van der Waals surface area contributed by atoms with Crippen molar-refractivity contribution >= 4 is 11.5 Å². The lowest BCUT2D eigenvalue weighted by molar-refractivity contribution is 0.535. The van der Waals surface area contributed by atoms with Crippen LogP contribution >= 0.6 is 11.5 Å². The van der Waals surface area contributed by atoms with Crippen LogP contribution in [0.4, 0.5) is 4.39 Å². The normalized spacial score (nSPS) is 12.6. The van der Waals surface area contributed by atoms with Crippen LogP contribution in [0, 0.1) is 19.7 Å². The highest BCUT2D eigenvalue weighted by Gasteiger charge is 2.22. The molecule has 1 atom stereocenters.